The minimum Gasteiger partial charge on any atom is -0.341 e. The Morgan fingerprint density at radius 3 is 2.90 bits per heavy atom. The summed E-state index contributed by atoms with van der Waals surface area (Å²) in [6.45, 7) is 2.53. The van der Waals surface area contributed by atoms with Gasteiger partial charge in [-0.3, -0.25) is 4.79 Å². The summed E-state index contributed by atoms with van der Waals surface area (Å²) in [5.41, 5.74) is 2.22. The summed E-state index contributed by atoms with van der Waals surface area (Å²) in [4.78, 5) is 28.4. The van der Waals surface area contributed by atoms with Crippen LogP contribution in [-0.4, -0.2) is 16.8 Å². The fraction of sp³-hybridized carbons (Fsp3) is 0.375. The van der Waals surface area contributed by atoms with E-state index in [-0.39, 0.29) is 12.2 Å². The number of hydrogen-bond donors (Lipinski definition) is 0. The Morgan fingerprint density at radius 1 is 1.30 bits per heavy atom. The van der Waals surface area contributed by atoms with Gasteiger partial charge in [-0.25, -0.2) is 9.86 Å². The number of hydrogen-bond acceptors (Lipinski definition) is 4. The molecule has 1 heterocycles. The molecule has 0 bridgehead atoms. The van der Waals surface area contributed by atoms with E-state index < -0.39 is 5.97 Å². The number of carbonyl (C=O) groups excluding carboxylic acids is 2. The van der Waals surface area contributed by atoms with Crippen LogP contribution < -0.4 is 0 Å². The second-order valence-electron chi connectivity index (χ2n) is 4.87. The maximum absolute atomic E-state index is 11.7. The average molecular weight is 273 g/mol. The van der Waals surface area contributed by atoms with E-state index in [1.54, 1.807) is 6.20 Å². The maximum atomic E-state index is 11.7. The van der Waals surface area contributed by atoms with Crippen molar-refractivity contribution in [1.29, 1.82) is 0 Å². The summed E-state index contributed by atoms with van der Waals surface area (Å²) >= 11 is 0. The number of hydroxylamine groups is 2. The molecule has 0 amide bonds. The molecule has 0 unspecified atom stereocenters. The molecule has 1 aromatic rings. The molecule has 0 N–H and O–H groups in total. The second-order valence-corrected chi connectivity index (χ2v) is 4.87. The Kier molecular flexibility index (Phi) is 4.93. The van der Waals surface area contributed by atoms with Crippen molar-refractivity contribution in [1.82, 2.24) is 5.06 Å². The van der Waals surface area contributed by atoms with Gasteiger partial charge in [0.15, 0.2) is 0 Å². The number of ketones is 1. The van der Waals surface area contributed by atoms with Crippen molar-refractivity contribution in [2.24, 2.45) is 0 Å². The molecule has 1 aliphatic heterocycles. The van der Waals surface area contributed by atoms with Crippen molar-refractivity contribution in [2.45, 2.75) is 39.2 Å². The third kappa shape index (κ3) is 3.95. The van der Waals surface area contributed by atoms with Gasteiger partial charge < -0.3 is 4.84 Å². The largest absolute Gasteiger partial charge is 0.341 e. The highest BCUT2D eigenvalue weighted by molar-refractivity contribution is 5.95. The fourth-order valence-corrected chi connectivity index (χ4v) is 2.07. The molecule has 4 nitrogen and oxygen atoms in total. The van der Waals surface area contributed by atoms with Crippen molar-refractivity contribution in [3.8, 4) is 0 Å². The molecular weight excluding hydrogens is 254 g/mol. The monoisotopic (exact) mass is 273 g/mol. The standard InChI is InChI=1S/C16H19NO3/c1-2-3-8-15(18)11-16(19)20-17-10-9-13-6-4-5-7-14(13)12-17/h4-7,9-10H,2-3,8,11-12H2,1H3. The van der Waals surface area contributed by atoms with Gasteiger partial charge in [-0.2, -0.15) is 0 Å². The molecule has 20 heavy (non-hydrogen) atoms. The van der Waals surface area contributed by atoms with Gasteiger partial charge in [0.1, 0.15) is 12.2 Å². The summed E-state index contributed by atoms with van der Waals surface area (Å²) in [5.74, 6) is -0.548. The molecule has 0 saturated heterocycles. The highest BCUT2D eigenvalue weighted by atomic mass is 16.7. The van der Waals surface area contributed by atoms with Crippen LogP contribution in [0, 0.1) is 0 Å². The molecule has 2 rings (SSSR count). The Morgan fingerprint density at radius 2 is 2.10 bits per heavy atom. The smallest absolute Gasteiger partial charge is 0.339 e. The predicted molar refractivity (Wildman–Crippen MR) is 76.3 cm³/mol. The van der Waals surface area contributed by atoms with Crippen molar-refractivity contribution in [3.05, 3.63) is 41.6 Å². The quantitative estimate of drug-likeness (QED) is 0.747. The van der Waals surface area contributed by atoms with Crippen LogP contribution in [0.1, 0.15) is 43.7 Å². The molecule has 4 heteroatoms. The zero-order valence-corrected chi connectivity index (χ0v) is 11.7. The van der Waals surface area contributed by atoms with E-state index >= 15 is 0 Å². The second kappa shape index (κ2) is 6.89. The molecule has 0 aromatic heterocycles. The van der Waals surface area contributed by atoms with E-state index in [1.807, 2.05) is 37.3 Å². The lowest BCUT2D eigenvalue weighted by molar-refractivity contribution is -0.180. The van der Waals surface area contributed by atoms with Gasteiger partial charge in [-0.1, -0.05) is 37.6 Å². The lowest BCUT2D eigenvalue weighted by Crippen LogP contribution is -2.25. The molecule has 0 aliphatic carbocycles. The first-order valence-corrected chi connectivity index (χ1v) is 6.94. The summed E-state index contributed by atoms with van der Waals surface area (Å²) in [5, 5.41) is 1.47. The number of unbranched alkanes of at least 4 members (excludes halogenated alkanes) is 1. The lowest BCUT2D eigenvalue weighted by atomic mass is 10.1. The van der Waals surface area contributed by atoms with Gasteiger partial charge >= 0.3 is 5.97 Å². The summed E-state index contributed by atoms with van der Waals surface area (Å²) in [6.07, 6.45) is 5.69. The Hall–Kier alpha value is -2.10. The predicted octanol–water partition coefficient (Wildman–Crippen LogP) is 3.08. The van der Waals surface area contributed by atoms with E-state index in [2.05, 4.69) is 0 Å². The minimum absolute atomic E-state index is 0.0572. The number of Topliss-reactive ketones (excluding diaryl/α,β-unsaturated/α-hetero) is 1. The Bertz CT molecular complexity index is 522. The average Bonchev–Trinajstić information content (AvgIpc) is 2.44. The van der Waals surface area contributed by atoms with Crippen molar-refractivity contribution in [2.75, 3.05) is 0 Å². The van der Waals surface area contributed by atoms with Crippen LogP contribution >= 0.6 is 0 Å². The van der Waals surface area contributed by atoms with Crippen LogP contribution in [-0.2, 0) is 21.0 Å². The summed E-state index contributed by atoms with van der Waals surface area (Å²) in [6, 6.07) is 7.93. The highest BCUT2D eigenvalue weighted by Crippen LogP contribution is 2.19. The first-order chi connectivity index (χ1) is 9.69. The minimum atomic E-state index is -0.491. The van der Waals surface area contributed by atoms with Gasteiger partial charge in [-0.05, 0) is 23.6 Å². The van der Waals surface area contributed by atoms with Crippen molar-refractivity contribution < 1.29 is 14.4 Å². The van der Waals surface area contributed by atoms with Crippen molar-refractivity contribution in [3.63, 3.8) is 0 Å². The zero-order valence-electron chi connectivity index (χ0n) is 11.7. The number of fused-ring (bicyclic) bond motifs is 1. The molecule has 0 fully saturated rings. The Balaban J connectivity index is 1.83. The third-order valence-electron chi connectivity index (χ3n) is 3.17. The molecule has 0 saturated carbocycles. The summed E-state index contributed by atoms with van der Waals surface area (Å²) in [7, 11) is 0. The van der Waals surface area contributed by atoms with Gasteiger partial charge in [0.05, 0.1) is 6.54 Å². The fourth-order valence-electron chi connectivity index (χ4n) is 2.07. The molecule has 0 spiro atoms. The van der Waals surface area contributed by atoms with Crippen LogP contribution in [0.15, 0.2) is 30.5 Å². The van der Waals surface area contributed by atoms with E-state index in [4.69, 9.17) is 4.84 Å². The van der Waals surface area contributed by atoms with Gasteiger partial charge in [-0.15, -0.1) is 0 Å². The van der Waals surface area contributed by atoms with E-state index in [9.17, 15) is 9.59 Å². The van der Waals surface area contributed by atoms with E-state index in [0.29, 0.717) is 13.0 Å². The van der Waals surface area contributed by atoms with E-state index in [1.165, 1.54) is 5.06 Å². The molecular formula is C16H19NO3. The van der Waals surface area contributed by atoms with Crippen LogP contribution in [0.4, 0.5) is 0 Å². The highest BCUT2D eigenvalue weighted by Gasteiger charge is 2.16. The number of benzene rings is 1. The van der Waals surface area contributed by atoms with Crippen LogP contribution in [0.3, 0.4) is 0 Å². The Labute approximate surface area is 119 Å². The molecule has 1 aliphatic rings. The third-order valence-corrected chi connectivity index (χ3v) is 3.17. The lowest BCUT2D eigenvalue weighted by Gasteiger charge is -2.23. The van der Waals surface area contributed by atoms with Gasteiger partial charge in [0.2, 0.25) is 0 Å². The van der Waals surface area contributed by atoms with Gasteiger partial charge in [0, 0.05) is 12.6 Å². The number of carbonyl (C=O) groups is 2. The van der Waals surface area contributed by atoms with Crippen LogP contribution in [0.5, 0.6) is 0 Å². The molecule has 0 atom stereocenters. The van der Waals surface area contributed by atoms with E-state index in [0.717, 1.165) is 24.0 Å². The normalized spacial score (nSPS) is 12.9. The van der Waals surface area contributed by atoms with Crippen LogP contribution in [0.25, 0.3) is 6.08 Å². The molecule has 106 valence electrons. The zero-order chi connectivity index (χ0) is 14.4. The number of rotatable bonds is 6. The van der Waals surface area contributed by atoms with Gasteiger partial charge in [0.25, 0.3) is 0 Å². The first kappa shape index (κ1) is 14.3. The molecule has 0 radical (unpaired) electrons. The topological polar surface area (TPSA) is 46.6 Å². The first-order valence-electron chi connectivity index (χ1n) is 6.94. The SMILES string of the molecule is CCCCC(=O)CC(=O)ON1C=Cc2ccccc2C1. The number of nitrogens with zero attached hydrogens (tertiary/aromatic N) is 1. The van der Waals surface area contributed by atoms with Crippen molar-refractivity contribution >= 4 is 17.8 Å². The van der Waals surface area contributed by atoms with Crippen LogP contribution in [0.2, 0.25) is 0 Å². The summed E-state index contributed by atoms with van der Waals surface area (Å²) < 4.78 is 0. The maximum Gasteiger partial charge on any atom is 0.339 e. The molecule has 1 aromatic carbocycles.